The molecule has 0 atom stereocenters. The number of aliphatic hydroxyl groups excluding tert-OH is 3. The lowest BCUT2D eigenvalue weighted by molar-refractivity contribution is 0.217. The zero-order valence-electron chi connectivity index (χ0n) is 11.4. The lowest BCUT2D eigenvalue weighted by Gasteiger charge is -2.20. The third-order valence-corrected chi connectivity index (χ3v) is 4.38. The lowest BCUT2D eigenvalue weighted by Crippen LogP contribution is -2.35. The first-order chi connectivity index (χ1) is 10.1. The Bertz CT molecular complexity index is 600. The van der Waals surface area contributed by atoms with Crippen LogP contribution >= 0.6 is 0 Å². The SMILES string of the molecule is O=S(=O)(c1cncc(C#CCCO)c1)N(CCO)CCO. The molecule has 0 amide bonds. The quantitative estimate of drug-likeness (QED) is 0.545. The van der Waals surface area contributed by atoms with Crippen LogP contribution < -0.4 is 0 Å². The van der Waals surface area contributed by atoms with Gasteiger partial charge in [-0.25, -0.2) is 8.42 Å². The Morgan fingerprint density at radius 3 is 2.33 bits per heavy atom. The van der Waals surface area contributed by atoms with Gasteiger partial charge in [-0.15, -0.1) is 0 Å². The Morgan fingerprint density at radius 2 is 1.76 bits per heavy atom. The van der Waals surface area contributed by atoms with Gasteiger partial charge in [0, 0.05) is 37.5 Å². The topological polar surface area (TPSA) is 111 Å². The van der Waals surface area contributed by atoms with Crippen LogP contribution in [0, 0.1) is 11.8 Å². The molecule has 1 heterocycles. The van der Waals surface area contributed by atoms with E-state index in [9.17, 15) is 8.42 Å². The summed E-state index contributed by atoms with van der Waals surface area (Å²) >= 11 is 0. The van der Waals surface area contributed by atoms with Crippen molar-refractivity contribution in [2.45, 2.75) is 11.3 Å². The van der Waals surface area contributed by atoms with Crippen molar-refractivity contribution in [2.24, 2.45) is 0 Å². The van der Waals surface area contributed by atoms with Crippen LogP contribution in [-0.2, 0) is 10.0 Å². The van der Waals surface area contributed by atoms with Gasteiger partial charge in [-0.3, -0.25) is 4.98 Å². The van der Waals surface area contributed by atoms with Crippen LogP contribution in [0.15, 0.2) is 23.4 Å². The first-order valence-electron chi connectivity index (χ1n) is 6.33. The summed E-state index contributed by atoms with van der Waals surface area (Å²) < 4.78 is 25.7. The van der Waals surface area contributed by atoms with E-state index >= 15 is 0 Å². The van der Waals surface area contributed by atoms with Crippen LogP contribution in [-0.4, -0.2) is 65.9 Å². The predicted octanol–water partition coefficient (Wildman–Crippen LogP) is -1.21. The van der Waals surface area contributed by atoms with Gasteiger partial charge in [0.1, 0.15) is 4.90 Å². The second-order valence-electron chi connectivity index (χ2n) is 4.04. The maximum Gasteiger partial charge on any atom is 0.244 e. The molecule has 0 saturated heterocycles. The van der Waals surface area contributed by atoms with Crippen LogP contribution in [0.3, 0.4) is 0 Å². The van der Waals surface area contributed by atoms with Crippen LogP contribution in [0.1, 0.15) is 12.0 Å². The number of sulfonamides is 1. The summed E-state index contributed by atoms with van der Waals surface area (Å²) in [5.41, 5.74) is 0.414. The molecule has 1 rings (SSSR count). The highest BCUT2D eigenvalue weighted by molar-refractivity contribution is 7.89. The monoisotopic (exact) mass is 314 g/mol. The number of pyridine rings is 1. The van der Waals surface area contributed by atoms with Gasteiger partial charge in [0.2, 0.25) is 10.0 Å². The molecule has 8 heteroatoms. The van der Waals surface area contributed by atoms with E-state index < -0.39 is 10.0 Å². The van der Waals surface area contributed by atoms with E-state index in [0.29, 0.717) is 5.56 Å². The van der Waals surface area contributed by atoms with Crippen molar-refractivity contribution in [2.75, 3.05) is 32.9 Å². The van der Waals surface area contributed by atoms with E-state index in [4.69, 9.17) is 15.3 Å². The van der Waals surface area contributed by atoms with Crippen molar-refractivity contribution < 1.29 is 23.7 Å². The normalized spacial score (nSPS) is 11.2. The summed E-state index contributed by atoms with van der Waals surface area (Å²) in [6.07, 6.45) is 2.90. The van der Waals surface area contributed by atoms with Crippen molar-refractivity contribution in [3.8, 4) is 11.8 Å². The highest BCUT2D eigenvalue weighted by Crippen LogP contribution is 2.15. The van der Waals surface area contributed by atoms with E-state index in [0.717, 1.165) is 4.31 Å². The van der Waals surface area contributed by atoms with Crippen LogP contribution in [0.5, 0.6) is 0 Å². The summed E-state index contributed by atoms with van der Waals surface area (Å²) in [6, 6.07) is 1.37. The minimum Gasteiger partial charge on any atom is -0.395 e. The molecule has 0 unspecified atom stereocenters. The summed E-state index contributed by atoms with van der Waals surface area (Å²) in [6.45, 7) is -0.975. The lowest BCUT2D eigenvalue weighted by atomic mass is 10.3. The van der Waals surface area contributed by atoms with Gasteiger partial charge in [-0.05, 0) is 6.07 Å². The second kappa shape index (κ2) is 8.71. The Morgan fingerprint density at radius 1 is 1.10 bits per heavy atom. The molecule has 0 radical (unpaired) electrons. The number of nitrogens with zero attached hydrogens (tertiary/aromatic N) is 2. The van der Waals surface area contributed by atoms with Gasteiger partial charge in [0.25, 0.3) is 0 Å². The molecular formula is C13H18N2O5S. The average molecular weight is 314 g/mol. The van der Waals surface area contributed by atoms with Crippen LogP contribution in [0.25, 0.3) is 0 Å². The van der Waals surface area contributed by atoms with Gasteiger partial charge in [-0.2, -0.15) is 4.31 Å². The molecule has 0 aromatic carbocycles. The maximum absolute atomic E-state index is 12.4. The fraction of sp³-hybridized carbons (Fsp3) is 0.462. The first-order valence-corrected chi connectivity index (χ1v) is 7.77. The van der Waals surface area contributed by atoms with E-state index in [-0.39, 0.29) is 44.2 Å². The van der Waals surface area contributed by atoms with Crippen molar-refractivity contribution in [1.29, 1.82) is 0 Å². The molecule has 0 aliphatic rings. The zero-order valence-corrected chi connectivity index (χ0v) is 12.3. The summed E-state index contributed by atoms with van der Waals surface area (Å²) in [7, 11) is -3.84. The van der Waals surface area contributed by atoms with E-state index in [1.54, 1.807) is 0 Å². The standard InChI is InChI=1S/C13H18N2O5S/c16-6-2-1-3-12-9-13(11-14-10-12)21(19,20)15(4-7-17)5-8-18/h9-11,16-18H,2,4-8H2. The van der Waals surface area contributed by atoms with Crippen LogP contribution in [0.2, 0.25) is 0 Å². The van der Waals surface area contributed by atoms with Crippen molar-refractivity contribution in [3.05, 3.63) is 24.0 Å². The molecule has 0 spiro atoms. The van der Waals surface area contributed by atoms with Gasteiger partial charge in [0.05, 0.1) is 19.8 Å². The molecule has 21 heavy (non-hydrogen) atoms. The molecule has 116 valence electrons. The Balaban J connectivity index is 3.08. The Kier molecular flexibility index (Phi) is 7.28. The Labute approximate surface area is 123 Å². The zero-order chi connectivity index (χ0) is 15.7. The third-order valence-electron chi connectivity index (χ3n) is 2.52. The smallest absolute Gasteiger partial charge is 0.244 e. The number of aliphatic hydroxyl groups is 3. The number of hydrogen-bond acceptors (Lipinski definition) is 6. The van der Waals surface area contributed by atoms with Crippen molar-refractivity contribution in [3.63, 3.8) is 0 Å². The number of aromatic nitrogens is 1. The third kappa shape index (κ3) is 5.08. The molecule has 0 bridgehead atoms. The molecule has 0 saturated carbocycles. The molecule has 1 aromatic heterocycles. The molecule has 1 aromatic rings. The Hall–Kier alpha value is -1.50. The maximum atomic E-state index is 12.4. The van der Waals surface area contributed by atoms with Gasteiger partial charge in [-0.1, -0.05) is 11.8 Å². The summed E-state index contributed by atoms with van der Waals surface area (Å²) in [4.78, 5) is 3.78. The first kappa shape index (κ1) is 17.6. The van der Waals surface area contributed by atoms with E-state index in [1.165, 1.54) is 18.5 Å². The minimum absolute atomic E-state index is 0.0554. The molecule has 0 aliphatic heterocycles. The summed E-state index contributed by atoms with van der Waals surface area (Å²) in [5, 5.41) is 26.5. The molecule has 0 fully saturated rings. The van der Waals surface area contributed by atoms with Gasteiger partial charge >= 0.3 is 0 Å². The minimum atomic E-state index is -3.84. The average Bonchev–Trinajstić information content (AvgIpc) is 2.47. The second-order valence-corrected chi connectivity index (χ2v) is 5.97. The van der Waals surface area contributed by atoms with Gasteiger partial charge < -0.3 is 15.3 Å². The molecule has 7 nitrogen and oxygen atoms in total. The highest BCUT2D eigenvalue weighted by atomic mass is 32.2. The van der Waals surface area contributed by atoms with Crippen LogP contribution in [0.4, 0.5) is 0 Å². The summed E-state index contributed by atoms with van der Waals surface area (Å²) in [5.74, 6) is 5.39. The molecular weight excluding hydrogens is 296 g/mol. The molecule has 0 aliphatic carbocycles. The molecule has 3 N–H and O–H groups in total. The van der Waals surface area contributed by atoms with Crippen molar-refractivity contribution in [1.82, 2.24) is 9.29 Å². The van der Waals surface area contributed by atoms with Crippen molar-refractivity contribution >= 4 is 10.0 Å². The fourth-order valence-electron chi connectivity index (χ4n) is 1.57. The van der Waals surface area contributed by atoms with Gasteiger partial charge in [0.15, 0.2) is 0 Å². The fourth-order valence-corrected chi connectivity index (χ4v) is 2.99. The number of hydrogen-bond donors (Lipinski definition) is 3. The van der Waals surface area contributed by atoms with E-state index in [2.05, 4.69) is 16.8 Å². The van der Waals surface area contributed by atoms with E-state index in [1.807, 2.05) is 0 Å². The largest absolute Gasteiger partial charge is 0.395 e. The highest BCUT2D eigenvalue weighted by Gasteiger charge is 2.24. The number of rotatable bonds is 7. The predicted molar refractivity (Wildman–Crippen MR) is 75.7 cm³/mol.